The van der Waals surface area contributed by atoms with Gasteiger partial charge in [-0.05, 0) is 43.0 Å². The first kappa shape index (κ1) is 19.1. The fraction of sp³-hybridized carbons (Fsp3) is 0.455. The molecule has 1 fully saturated rings. The molecule has 3 rings (SSSR count). The molecule has 1 heterocycles. The Balaban J connectivity index is 1.65. The molecule has 1 aliphatic heterocycles. The number of rotatable bonds is 7. The summed E-state index contributed by atoms with van der Waals surface area (Å²) in [4.78, 5) is 2.12. The maximum atomic E-state index is 10.5. The lowest BCUT2D eigenvalue weighted by Crippen LogP contribution is -2.43. The van der Waals surface area contributed by atoms with E-state index < -0.39 is 6.10 Å². The number of hydrogen-bond donors (Lipinski definition) is 2. The molecule has 26 heavy (non-hydrogen) atoms. The summed E-state index contributed by atoms with van der Waals surface area (Å²) >= 11 is 0. The number of aliphatic hydroxyl groups is 2. The summed E-state index contributed by atoms with van der Waals surface area (Å²) in [7, 11) is 0. The van der Waals surface area contributed by atoms with Gasteiger partial charge in [0.2, 0.25) is 0 Å². The Morgan fingerprint density at radius 3 is 2.58 bits per heavy atom. The summed E-state index contributed by atoms with van der Waals surface area (Å²) in [5.41, 5.74) is 3.39. The minimum absolute atomic E-state index is 0.195. The summed E-state index contributed by atoms with van der Waals surface area (Å²) in [6.07, 6.45) is 0.785. The lowest BCUT2D eigenvalue weighted by atomic mass is 9.97. The molecule has 2 aromatic rings. The average molecular weight is 355 g/mol. The highest BCUT2D eigenvalue weighted by Gasteiger charge is 2.22. The van der Waals surface area contributed by atoms with Crippen molar-refractivity contribution in [2.24, 2.45) is 0 Å². The zero-order valence-electron chi connectivity index (χ0n) is 15.4. The van der Waals surface area contributed by atoms with Gasteiger partial charge in [-0.2, -0.15) is 0 Å². The topological polar surface area (TPSA) is 52.9 Å². The Bertz CT molecular complexity index is 676. The largest absolute Gasteiger partial charge is 0.392 e. The van der Waals surface area contributed by atoms with E-state index in [1.807, 2.05) is 30.3 Å². The molecule has 2 aromatic carbocycles. The van der Waals surface area contributed by atoms with Gasteiger partial charge in [0.1, 0.15) is 6.10 Å². The van der Waals surface area contributed by atoms with Crippen LogP contribution < -0.4 is 0 Å². The summed E-state index contributed by atoms with van der Waals surface area (Å²) in [6.45, 7) is 4.44. The number of nitrogens with zero attached hydrogens (tertiary/aromatic N) is 1. The van der Waals surface area contributed by atoms with Crippen LogP contribution in [0, 0.1) is 6.92 Å². The number of benzene rings is 2. The molecule has 3 unspecified atom stereocenters. The minimum Gasteiger partial charge on any atom is -0.392 e. The molecule has 2 N–H and O–H groups in total. The van der Waals surface area contributed by atoms with Gasteiger partial charge in [0.25, 0.3) is 0 Å². The van der Waals surface area contributed by atoms with Crippen LogP contribution >= 0.6 is 0 Å². The summed E-state index contributed by atoms with van der Waals surface area (Å²) in [5, 5.41) is 20.2. The van der Waals surface area contributed by atoms with Gasteiger partial charge < -0.3 is 14.9 Å². The molecular weight excluding hydrogens is 326 g/mol. The van der Waals surface area contributed by atoms with Crippen LogP contribution in [0.2, 0.25) is 0 Å². The van der Waals surface area contributed by atoms with E-state index in [4.69, 9.17) is 4.74 Å². The second-order valence-electron chi connectivity index (χ2n) is 7.19. The summed E-state index contributed by atoms with van der Waals surface area (Å²) in [5.74, 6) is 0. The van der Waals surface area contributed by atoms with Crippen molar-refractivity contribution in [2.75, 3.05) is 26.2 Å². The number of ether oxygens (including phenoxy) is 1. The molecule has 0 spiro atoms. The van der Waals surface area contributed by atoms with Gasteiger partial charge in [-0.3, -0.25) is 4.90 Å². The molecule has 4 nitrogen and oxygen atoms in total. The third kappa shape index (κ3) is 5.15. The number of β-amino-alcohol motifs (C(OH)–C–C–N with tert-alkyl or cyclic N) is 2. The number of piperidine rings is 1. The molecule has 4 heteroatoms. The Morgan fingerprint density at radius 2 is 1.85 bits per heavy atom. The highest BCUT2D eigenvalue weighted by molar-refractivity contribution is 5.35. The van der Waals surface area contributed by atoms with Crippen molar-refractivity contribution in [3.05, 3.63) is 71.3 Å². The first-order chi connectivity index (χ1) is 12.6. The fourth-order valence-corrected chi connectivity index (χ4v) is 3.63. The van der Waals surface area contributed by atoms with E-state index in [1.165, 1.54) is 5.56 Å². The molecule has 0 radical (unpaired) electrons. The van der Waals surface area contributed by atoms with Crippen molar-refractivity contribution in [1.29, 1.82) is 0 Å². The number of hydrogen-bond acceptors (Lipinski definition) is 4. The van der Waals surface area contributed by atoms with Crippen LogP contribution in [0.15, 0.2) is 54.6 Å². The van der Waals surface area contributed by atoms with E-state index in [-0.39, 0.29) is 18.8 Å². The lowest BCUT2D eigenvalue weighted by molar-refractivity contribution is -0.0206. The van der Waals surface area contributed by atoms with Gasteiger partial charge in [-0.15, -0.1) is 0 Å². The zero-order valence-corrected chi connectivity index (χ0v) is 15.4. The smallest absolute Gasteiger partial charge is 0.108 e. The second kappa shape index (κ2) is 9.28. The van der Waals surface area contributed by atoms with E-state index in [0.29, 0.717) is 13.1 Å². The van der Waals surface area contributed by atoms with E-state index in [9.17, 15) is 10.2 Å². The van der Waals surface area contributed by atoms with E-state index >= 15 is 0 Å². The lowest BCUT2D eigenvalue weighted by Gasteiger charge is -2.32. The van der Waals surface area contributed by atoms with Gasteiger partial charge in [0.15, 0.2) is 0 Å². The molecule has 140 valence electrons. The van der Waals surface area contributed by atoms with Gasteiger partial charge in [0, 0.05) is 13.1 Å². The van der Waals surface area contributed by atoms with E-state index in [2.05, 4.69) is 36.1 Å². The molecule has 3 atom stereocenters. The van der Waals surface area contributed by atoms with Crippen LogP contribution in [-0.2, 0) is 4.74 Å². The fourth-order valence-electron chi connectivity index (χ4n) is 3.63. The van der Waals surface area contributed by atoms with Crippen molar-refractivity contribution in [3.63, 3.8) is 0 Å². The quantitative estimate of drug-likeness (QED) is 0.802. The number of aliphatic hydroxyl groups excluding tert-OH is 2. The van der Waals surface area contributed by atoms with Crippen LogP contribution in [0.25, 0.3) is 0 Å². The highest BCUT2D eigenvalue weighted by atomic mass is 16.5. The summed E-state index contributed by atoms with van der Waals surface area (Å²) in [6, 6.07) is 18.3. The van der Waals surface area contributed by atoms with E-state index in [0.717, 1.165) is 30.5 Å². The third-order valence-corrected chi connectivity index (χ3v) is 4.98. The maximum Gasteiger partial charge on any atom is 0.108 e. The van der Waals surface area contributed by atoms with Crippen molar-refractivity contribution < 1.29 is 14.9 Å². The van der Waals surface area contributed by atoms with Gasteiger partial charge in [-0.1, -0.05) is 54.6 Å². The van der Waals surface area contributed by atoms with Gasteiger partial charge >= 0.3 is 0 Å². The predicted molar refractivity (Wildman–Crippen MR) is 103 cm³/mol. The first-order valence-corrected chi connectivity index (χ1v) is 9.44. The van der Waals surface area contributed by atoms with Gasteiger partial charge in [0.05, 0.1) is 18.8 Å². The number of aryl methyl sites for hydroxylation is 1. The second-order valence-corrected chi connectivity index (χ2v) is 7.19. The zero-order chi connectivity index (χ0) is 18.4. The molecule has 0 amide bonds. The summed E-state index contributed by atoms with van der Waals surface area (Å²) < 4.78 is 6.19. The van der Waals surface area contributed by atoms with Crippen molar-refractivity contribution in [2.45, 2.75) is 38.1 Å². The van der Waals surface area contributed by atoms with Crippen LogP contribution in [0.4, 0.5) is 0 Å². The standard InChI is InChI=1S/C22H29NO3/c1-17-8-5-6-12-21(17)22(18-9-3-2-4-10-18)26-16-20(25)15-23-13-7-11-19(24)14-23/h2-6,8-10,12,19-20,22,24-25H,7,11,13-16H2,1H3. The van der Waals surface area contributed by atoms with Gasteiger partial charge in [-0.25, -0.2) is 0 Å². The van der Waals surface area contributed by atoms with Crippen molar-refractivity contribution >= 4 is 0 Å². The SMILES string of the molecule is Cc1ccccc1C(OCC(O)CN1CCCC(O)C1)c1ccccc1. The first-order valence-electron chi connectivity index (χ1n) is 9.44. The van der Waals surface area contributed by atoms with Crippen LogP contribution in [-0.4, -0.2) is 53.6 Å². The maximum absolute atomic E-state index is 10.5. The van der Waals surface area contributed by atoms with Crippen LogP contribution in [0.1, 0.15) is 35.6 Å². The molecule has 0 saturated carbocycles. The minimum atomic E-state index is -0.574. The average Bonchev–Trinajstić information content (AvgIpc) is 2.64. The van der Waals surface area contributed by atoms with E-state index in [1.54, 1.807) is 0 Å². The molecule has 1 saturated heterocycles. The molecule has 0 aromatic heterocycles. The Morgan fingerprint density at radius 1 is 1.12 bits per heavy atom. The molecule has 0 aliphatic carbocycles. The number of likely N-dealkylation sites (tertiary alicyclic amines) is 1. The monoisotopic (exact) mass is 355 g/mol. The normalized spacial score (nSPS) is 20.7. The van der Waals surface area contributed by atoms with Crippen molar-refractivity contribution in [1.82, 2.24) is 4.90 Å². The Hall–Kier alpha value is -1.72. The molecular formula is C22H29NO3. The Kier molecular flexibility index (Phi) is 6.80. The highest BCUT2D eigenvalue weighted by Crippen LogP contribution is 2.28. The third-order valence-electron chi connectivity index (χ3n) is 4.98. The Labute approximate surface area is 156 Å². The predicted octanol–water partition coefficient (Wildman–Crippen LogP) is 2.92. The van der Waals surface area contributed by atoms with Crippen LogP contribution in [0.3, 0.4) is 0 Å². The van der Waals surface area contributed by atoms with Crippen LogP contribution in [0.5, 0.6) is 0 Å². The molecule has 0 bridgehead atoms. The van der Waals surface area contributed by atoms with Crippen molar-refractivity contribution in [3.8, 4) is 0 Å². The molecule has 1 aliphatic rings.